The maximum absolute atomic E-state index is 13.1. The summed E-state index contributed by atoms with van der Waals surface area (Å²) in [5.74, 6) is 0.945. The van der Waals surface area contributed by atoms with Gasteiger partial charge in [0.15, 0.2) is 12.2 Å². The molecule has 0 aromatic rings. The van der Waals surface area contributed by atoms with E-state index in [1.54, 1.807) is 0 Å². The summed E-state index contributed by atoms with van der Waals surface area (Å²) in [6, 6.07) is 0. The largest absolute Gasteiger partial charge is 0.472 e. The second-order valence-electron chi connectivity index (χ2n) is 32.1. The number of unbranched alkanes of at least 4 members (excludes halogenated alkanes) is 47. The lowest BCUT2D eigenvalue weighted by molar-refractivity contribution is -0.161. The number of phosphoric acid groups is 2. The summed E-state index contributed by atoms with van der Waals surface area (Å²) >= 11 is 0. The Labute approximate surface area is 632 Å². The summed E-state index contributed by atoms with van der Waals surface area (Å²) in [5, 5.41) is 10.6. The Kier molecular flexibility index (Phi) is 71.5. The van der Waals surface area contributed by atoms with Crippen molar-refractivity contribution in [2.24, 2.45) is 23.7 Å². The molecular weight excluding hydrogens is 1340 g/mol. The number of hydrogen-bond acceptors (Lipinski definition) is 15. The van der Waals surface area contributed by atoms with Crippen LogP contribution < -0.4 is 0 Å². The van der Waals surface area contributed by atoms with Gasteiger partial charge in [-0.05, 0) is 49.4 Å². The Morgan fingerprint density at radius 2 is 0.408 bits per heavy atom. The van der Waals surface area contributed by atoms with Gasteiger partial charge in [0.1, 0.15) is 19.3 Å². The number of ether oxygens (including phenoxy) is 4. The predicted octanol–water partition coefficient (Wildman–Crippen LogP) is 25.2. The first-order chi connectivity index (χ1) is 49.6. The number of carbonyl (C=O) groups excluding carboxylic acids is 4. The van der Waals surface area contributed by atoms with Crippen molar-refractivity contribution in [3.05, 3.63) is 0 Å². The number of esters is 4. The predicted molar refractivity (Wildman–Crippen MR) is 423 cm³/mol. The molecule has 0 saturated heterocycles. The van der Waals surface area contributed by atoms with Gasteiger partial charge in [0.25, 0.3) is 0 Å². The van der Waals surface area contributed by atoms with Crippen LogP contribution in [0.2, 0.25) is 0 Å². The fourth-order valence-electron chi connectivity index (χ4n) is 13.0. The summed E-state index contributed by atoms with van der Waals surface area (Å²) in [6.07, 6.45) is 61.5. The Morgan fingerprint density at radius 1 is 0.243 bits per heavy atom. The molecular formula is C84H164O17P2. The third kappa shape index (κ3) is 78.0. The molecule has 3 unspecified atom stereocenters. The van der Waals surface area contributed by atoms with Crippen molar-refractivity contribution >= 4 is 39.5 Å². The van der Waals surface area contributed by atoms with E-state index in [9.17, 15) is 43.2 Å². The molecule has 0 heterocycles. The highest BCUT2D eigenvalue weighted by molar-refractivity contribution is 7.47. The highest BCUT2D eigenvalue weighted by Crippen LogP contribution is 2.45. The summed E-state index contributed by atoms with van der Waals surface area (Å²) in [7, 11) is -9.92. The van der Waals surface area contributed by atoms with Crippen LogP contribution in [0.15, 0.2) is 0 Å². The number of aliphatic hydroxyl groups is 1. The first-order valence-corrected chi connectivity index (χ1v) is 46.2. The van der Waals surface area contributed by atoms with Gasteiger partial charge in [-0.2, -0.15) is 0 Å². The average Bonchev–Trinajstić information content (AvgIpc) is 0.984. The van der Waals surface area contributed by atoms with Crippen LogP contribution in [0.4, 0.5) is 0 Å². The lowest BCUT2D eigenvalue weighted by Gasteiger charge is -2.21. The van der Waals surface area contributed by atoms with Gasteiger partial charge in [0.05, 0.1) is 26.4 Å². The molecule has 0 aliphatic rings. The highest BCUT2D eigenvalue weighted by Gasteiger charge is 2.30. The topological polar surface area (TPSA) is 237 Å². The molecule has 0 rings (SSSR count). The molecule has 5 atom stereocenters. The molecule has 0 aliphatic heterocycles. The minimum absolute atomic E-state index is 0.105. The summed E-state index contributed by atoms with van der Waals surface area (Å²) in [6.45, 7) is 14.2. The van der Waals surface area contributed by atoms with Crippen LogP contribution in [0.3, 0.4) is 0 Å². The van der Waals surface area contributed by atoms with Gasteiger partial charge >= 0.3 is 39.5 Å². The minimum atomic E-state index is -4.96. The fraction of sp³-hybridized carbons (Fsp3) is 0.952. The lowest BCUT2D eigenvalue weighted by atomic mass is 10.0. The molecule has 0 saturated carbocycles. The molecule has 0 amide bonds. The Balaban J connectivity index is 5.13. The molecule has 0 aromatic carbocycles. The smallest absolute Gasteiger partial charge is 0.462 e. The second-order valence-corrected chi connectivity index (χ2v) is 35.0. The van der Waals surface area contributed by atoms with Crippen LogP contribution in [-0.2, 0) is 65.4 Å². The number of carbonyl (C=O) groups is 4. The summed E-state index contributed by atoms with van der Waals surface area (Å²) in [5.41, 5.74) is 0. The van der Waals surface area contributed by atoms with E-state index in [1.807, 2.05) is 0 Å². The third-order valence-electron chi connectivity index (χ3n) is 19.6. The van der Waals surface area contributed by atoms with Crippen LogP contribution >= 0.6 is 15.6 Å². The van der Waals surface area contributed by atoms with E-state index >= 15 is 0 Å². The SMILES string of the molecule is CC(C)CCCCCCCCCCCCCCCCCCCCC(=O)OC[C@H](COP(=O)(O)OCC(O)COP(=O)(O)OC[C@@H](COC(=O)CCCCCCCCC(C)C)OC(=O)CCCCCCCCCCCCCCCCCCCCC(C)C)OC(=O)CCCCCCCCCCCC(C)C. The summed E-state index contributed by atoms with van der Waals surface area (Å²) < 4.78 is 68.7. The molecule has 17 nitrogen and oxygen atoms in total. The van der Waals surface area contributed by atoms with Crippen LogP contribution in [-0.4, -0.2) is 96.7 Å². The molecule has 0 bridgehead atoms. The normalized spacial score (nSPS) is 14.0. The number of rotatable bonds is 81. The molecule has 0 radical (unpaired) electrons. The van der Waals surface area contributed by atoms with E-state index in [4.69, 9.17) is 37.0 Å². The Hall–Kier alpha value is -1.94. The number of phosphoric ester groups is 2. The first-order valence-electron chi connectivity index (χ1n) is 43.2. The Bertz CT molecular complexity index is 2010. The number of hydrogen-bond donors (Lipinski definition) is 3. The second kappa shape index (κ2) is 72.9. The summed E-state index contributed by atoms with van der Waals surface area (Å²) in [4.78, 5) is 73.0. The molecule has 103 heavy (non-hydrogen) atoms. The minimum Gasteiger partial charge on any atom is -0.462 e. The zero-order chi connectivity index (χ0) is 76.0. The molecule has 0 aromatic heterocycles. The monoisotopic (exact) mass is 1510 g/mol. The van der Waals surface area contributed by atoms with E-state index in [0.717, 1.165) is 114 Å². The van der Waals surface area contributed by atoms with Crippen LogP contribution in [0, 0.1) is 23.7 Å². The average molecular weight is 1510 g/mol. The molecule has 0 fully saturated rings. The van der Waals surface area contributed by atoms with Crippen molar-refractivity contribution < 1.29 is 80.2 Å². The van der Waals surface area contributed by atoms with E-state index in [2.05, 4.69) is 55.4 Å². The van der Waals surface area contributed by atoms with Gasteiger partial charge in [0.2, 0.25) is 0 Å². The van der Waals surface area contributed by atoms with E-state index in [-0.39, 0.29) is 25.7 Å². The van der Waals surface area contributed by atoms with Crippen LogP contribution in [0.5, 0.6) is 0 Å². The van der Waals surface area contributed by atoms with Crippen LogP contribution in [0.25, 0.3) is 0 Å². The van der Waals surface area contributed by atoms with Gasteiger partial charge in [-0.25, -0.2) is 9.13 Å². The van der Waals surface area contributed by atoms with Gasteiger partial charge in [-0.3, -0.25) is 37.3 Å². The van der Waals surface area contributed by atoms with E-state index in [0.29, 0.717) is 31.6 Å². The zero-order valence-electron chi connectivity index (χ0n) is 68.0. The molecule has 0 aliphatic carbocycles. The van der Waals surface area contributed by atoms with Crippen molar-refractivity contribution in [1.29, 1.82) is 0 Å². The van der Waals surface area contributed by atoms with Crippen molar-refractivity contribution in [3.63, 3.8) is 0 Å². The lowest BCUT2D eigenvalue weighted by Crippen LogP contribution is -2.30. The molecule has 612 valence electrons. The van der Waals surface area contributed by atoms with Gasteiger partial charge in [0, 0.05) is 25.7 Å². The zero-order valence-corrected chi connectivity index (χ0v) is 69.7. The first kappa shape index (κ1) is 101. The van der Waals surface area contributed by atoms with Crippen molar-refractivity contribution in [2.45, 2.75) is 453 Å². The standard InChI is InChI=1S/C84H164O17P2/c1-74(2)60-52-44-36-30-25-21-17-13-9-11-15-19-23-27-33-39-48-56-64-81(86)94-70-79(100-84(89)67-59-51-41-35-29-32-38-46-54-62-76(5)6)72-98-102(90,91)96-68-78(85)69-97-103(92,93)99-73-80(71-95-82(87)65-57-49-43-42-47-55-63-77(7)8)101-83(88)66-58-50-40-34-28-24-20-16-12-10-14-18-22-26-31-37-45-53-61-75(3)4/h74-80,85H,9-73H2,1-8H3,(H,90,91)(H,92,93)/t78?,79-,80-/m1/s1. The molecule has 19 heteroatoms. The third-order valence-corrected chi connectivity index (χ3v) is 21.5. The van der Waals surface area contributed by atoms with Gasteiger partial charge in [-0.1, -0.05) is 383 Å². The quantitative estimate of drug-likeness (QED) is 0.0222. The number of aliphatic hydroxyl groups excluding tert-OH is 1. The maximum Gasteiger partial charge on any atom is 0.472 e. The maximum atomic E-state index is 13.1. The van der Waals surface area contributed by atoms with Crippen LogP contribution in [0.1, 0.15) is 434 Å². The fourth-order valence-corrected chi connectivity index (χ4v) is 14.5. The van der Waals surface area contributed by atoms with Crippen molar-refractivity contribution in [3.8, 4) is 0 Å². The van der Waals surface area contributed by atoms with Gasteiger partial charge in [-0.15, -0.1) is 0 Å². The molecule has 3 N–H and O–H groups in total. The highest BCUT2D eigenvalue weighted by atomic mass is 31.2. The Morgan fingerprint density at radius 3 is 0.602 bits per heavy atom. The molecule has 0 spiro atoms. The van der Waals surface area contributed by atoms with Crippen molar-refractivity contribution in [1.82, 2.24) is 0 Å². The van der Waals surface area contributed by atoms with Crippen molar-refractivity contribution in [2.75, 3.05) is 39.6 Å². The van der Waals surface area contributed by atoms with E-state index < -0.39 is 97.5 Å². The van der Waals surface area contributed by atoms with Gasteiger partial charge < -0.3 is 33.8 Å². The van der Waals surface area contributed by atoms with E-state index in [1.165, 1.54) is 231 Å².